The van der Waals surface area contributed by atoms with Gasteiger partial charge in [-0.1, -0.05) is 41.7 Å². The summed E-state index contributed by atoms with van der Waals surface area (Å²) in [5.41, 5.74) is 2.02. The summed E-state index contributed by atoms with van der Waals surface area (Å²) in [5.74, 6) is 0.710. The second-order valence-electron chi connectivity index (χ2n) is 8.33. The minimum atomic E-state index is -0.403. The van der Waals surface area contributed by atoms with E-state index in [1.54, 1.807) is 31.4 Å². The minimum absolute atomic E-state index is 0.140. The summed E-state index contributed by atoms with van der Waals surface area (Å²) in [6, 6.07) is 17.6. The molecule has 0 saturated carbocycles. The zero-order chi connectivity index (χ0) is 23.8. The average Bonchev–Trinajstić information content (AvgIpc) is 3.37. The fourth-order valence-corrected chi connectivity index (χ4v) is 4.69. The smallest absolute Gasteiger partial charge is 0.286 e. The van der Waals surface area contributed by atoms with Gasteiger partial charge in [-0.05, 0) is 68.1 Å². The quantitative estimate of drug-likeness (QED) is 0.488. The normalized spacial score (nSPS) is 14.5. The Hall–Kier alpha value is -3.30. The van der Waals surface area contributed by atoms with E-state index < -0.39 is 5.91 Å². The lowest BCUT2D eigenvalue weighted by Gasteiger charge is -2.32. The molecule has 4 rings (SSSR count). The lowest BCUT2D eigenvalue weighted by atomic mass is 9.90. The van der Waals surface area contributed by atoms with Crippen molar-refractivity contribution in [1.29, 1.82) is 0 Å². The Labute approximate surface area is 203 Å². The predicted molar refractivity (Wildman–Crippen MR) is 132 cm³/mol. The lowest BCUT2D eigenvalue weighted by molar-refractivity contribution is 0.0941. The van der Waals surface area contributed by atoms with Crippen molar-refractivity contribution in [2.24, 2.45) is 5.92 Å². The number of amides is 2. The maximum Gasteiger partial charge on any atom is 0.286 e. The van der Waals surface area contributed by atoms with Gasteiger partial charge in [0.05, 0.1) is 7.11 Å². The largest absolute Gasteiger partial charge is 0.497 e. The number of hydrogen-bond acceptors (Lipinski definition) is 7. The first-order chi connectivity index (χ1) is 16.6. The standard InChI is InChI=1S/C25H29N5O3S/c1-33-21-9-7-20(8-10-21)27-23(32)25-29-28-24(34-25)22(31)26-13-16-30-14-11-19(12-15-30)17-18-5-3-2-4-6-18/h2-10,19H,11-17H2,1H3,(H,26,31)(H,27,32). The molecule has 0 aliphatic carbocycles. The molecule has 0 atom stereocenters. The highest BCUT2D eigenvalue weighted by Gasteiger charge is 2.20. The number of nitrogens with one attached hydrogen (secondary N) is 2. The van der Waals surface area contributed by atoms with Crippen molar-refractivity contribution in [2.45, 2.75) is 19.3 Å². The van der Waals surface area contributed by atoms with Crippen molar-refractivity contribution < 1.29 is 14.3 Å². The third-order valence-electron chi connectivity index (χ3n) is 5.95. The van der Waals surface area contributed by atoms with E-state index in [0.717, 1.165) is 43.3 Å². The van der Waals surface area contributed by atoms with Crippen LogP contribution < -0.4 is 15.4 Å². The van der Waals surface area contributed by atoms with E-state index in [9.17, 15) is 9.59 Å². The van der Waals surface area contributed by atoms with Crippen LogP contribution in [-0.4, -0.2) is 60.2 Å². The molecular weight excluding hydrogens is 450 g/mol. The van der Waals surface area contributed by atoms with Crippen LogP contribution >= 0.6 is 11.3 Å². The van der Waals surface area contributed by atoms with Crippen LogP contribution in [0.4, 0.5) is 5.69 Å². The van der Waals surface area contributed by atoms with Gasteiger partial charge in [0.1, 0.15) is 5.75 Å². The van der Waals surface area contributed by atoms with Crippen LogP contribution in [0.3, 0.4) is 0 Å². The summed E-state index contributed by atoms with van der Waals surface area (Å²) in [6.07, 6.45) is 3.48. The van der Waals surface area contributed by atoms with E-state index in [-0.39, 0.29) is 15.9 Å². The number of nitrogens with zero attached hydrogens (tertiary/aromatic N) is 3. The number of carbonyl (C=O) groups excluding carboxylic acids is 2. The molecule has 2 amide bonds. The molecule has 2 aromatic carbocycles. The van der Waals surface area contributed by atoms with Crippen molar-refractivity contribution in [3.05, 3.63) is 70.2 Å². The lowest BCUT2D eigenvalue weighted by Crippen LogP contribution is -2.39. The highest BCUT2D eigenvalue weighted by Crippen LogP contribution is 2.21. The summed E-state index contributed by atoms with van der Waals surface area (Å²) in [7, 11) is 1.58. The van der Waals surface area contributed by atoms with Crippen molar-refractivity contribution >= 4 is 28.8 Å². The van der Waals surface area contributed by atoms with Gasteiger partial charge in [-0.3, -0.25) is 9.59 Å². The number of piperidine rings is 1. The van der Waals surface area contributed by atoms with E-state index in [2.05, 4.69) is 56.1 Å². The van der Waals surface area contributed by atoms with Crippen LogP contribution in [0.15, 0.2) is 54.6 Å². The van der Waals surface area contributed by atoms with Crippen molar-refractivity contribution in [3.8, 4) is 5.75 Å². The minimum Gasteiger partial charge on any atom is -0.497 e. The van der Waals surface area contributed by atoms with Crippen LogP contribution in [0.25, 0.3) is 0 Å². The van der Waals surface area contributed by atoms with E-state index >= 15 is 0 Å². The number of aromatic nitrogens is 2. The average molecular weight is 480 g/mol. The molecule has 34 heavy (non-hydrogen) atoms. The first kappa shape index (κ1) is 23.8. The highest BCUT2D eigenvalue weighted by atomic mass is 32.1. The molecule has 8 nitrogen and oxygen atoms in total. The van der Waals surface area contributed by atoms with E-state index in [1.165, 1.54) is 18.4 Å². The fraction of sp³-hybridized carbons (Fsp3) is 0.360. The predicted octanol–water partition coefficient (Wildman–Crippen LogP) is 3.48. The van der Waals surface area contributed by atoms with Crippen LogP contribution in [-0.2, 0) is 6.42 Å². The summed E-state index contributed by atoms with van der Waals surface area (Å²) in [5, 5.41) is 13.7. The third kappa shape index (κ3) is 6.61. The number of carbonyl (C=O) groups is 2. The zero-order valence-electron chi connectivity index (χ0n) is 19.2. The number of rotatable bonds is 9. The highest BCUT2D eigenvalue weighted by molar-refractivity contribution is 7.15. The molecule has 1 aromatic heterocycles. The second-order valence-corrected chi connectivity index (χ2v) is 9.30. The Kier molecular flexibility index (Phi) is 8.21. The Morgan fingerprint density at radius 2 is 1.68 bits per heavy atom. The summed E-state index contributed by atoms with van der Waals surface area (Å²) in [4.78, 5) is 27.2. The molecule has 9 heteroatoms. The van der Waals surface area contributed by atoms with Gasteiger partial charge in [0.2, 0.25) is 10.0 Å². The Bertz CT molecular complexity index is 1080. The number of hydrogen-bond donors (Lipinski definition) is 2. The summed E-state index contributed by atoms with van der Waals surface area (Å²) < 4.78 is 5.11. The van der Waals surface area contributed by atoms with Crippen LogP contribution in [0.2, 0.25) is 0 Å². The molecule has 0 spiro atoms. The van der Waals surface area contributed by atoms with Gasteiger partial charge in [-0.2, -0.15) is 0 Å². The zero-order valence-corrected chi connectivity index (χ0v) is 20.0. The molecule has 1 saturated heterocycles. The first-order valence-electron chi connectivity index (χ1n) is 11.4. The maximum atomic E-state index is 12.4. The Morgan fingerprint density at radius 1 is 1.00 bits per heavy atom. The van der Waals surface area contributed by atoms with Crippen molar-refractivity contribution in [1.82, 2.24) is 20.4 Å². The Morgan fingerprint density at radius 3 is 2.35 bits per heavy atom. The van der Waals surface area contributed by atoms with Crippen LogP contribution in [0, 0.1) is 5.92 Å². The van der Waals surface area contributed by atoms with Gasteiger partial charge < -0.3 is 20.3 Å². The van der Waals surface area contributed by atoms with Gasteiger partial charge in [0.15, 0.2) is 0 Å². The monoisotopic (exact) mass is 479 g/mol. The maximum absolute atomic E-state index is 12.4. The van der Waals surface area contributed by atoms with Gasteiger partial charge in [-0.25, -0.2) is 0 Å². The number of methoxy groups -OCH3 is 1. The van der Waals surface area contributed by atoms with Crippen LogP contribution in [0.1, 0.15) is 38.0 Å². The topological polar surface area (TPSA) is 96.5 Å². The van der Waals surface area contributed by atoms with E-state index in [1.807, 2.05) is 0 Å². The van der Waals surface area contributed by atoms with Gasteiger partial charge in [-0.15, -0.1) is 10.2 Å². The third-order valence-corrected chi connectivity index (χ3v) is 6.87. The molecule has 1 fully saturated rings. The molecule has 178 valence electrons. The van der Waals surface area contributed by atoms with E-state index in [0.29, 0.717) is 18.0 Å². The van der Waals surface area contributed by atoms with Gasteiger partial charge in [0.25, 0.3) is 11.8 Å². The molecule has 0 radical (unpaired) electrons. The second kappa shape index (κ2) is 11.7. The molecular formula is C25H29N5O3S. The van der Waals surface area contributed by atoms with Gasteiger partial charge in [0, 0.05) is 18.8 Å². The number of ether oxygens (including phenoxy) is 1. The SMILES string of the molecule is COc1ccc(NC(=O)c2nnc(C(=O)NCCN3CCC(Cc4ccccc4)CC3)s2)cc1. The summed E-state index contributed by atoms with van der Waals surface area (Å²) in [6.45, 7) is 3.42. The van der Waals surface area contributed by atoms with E-state index in [4.69, 9.17) is 4.74 Å². The first-order valence-corrected chi connectivity index (χ1v) is 12.3. The Balaban J connectivity index is 1.17. The molecule has 2 heterocycles. The van der Waals surface area contributed by atoms with Crippen molar-refractivity contribution in [2.75, 3.05) is 38.6 Å². The van der Waals surface area contributed by atoms with Gasteiger partial charge >= 0.3 is 0 Å². The fourth-order valence-electron chi connectivity index (χ4n) is 4.03. The van der Waals surface area contributed by atoms with Crippen molar-refractivity contribution in [3.63, 3.8) is 0 Å². The molecule has 1 aliphatic rings. The molecule has 2 N–H and O–H groups in total. The number of benzene rings is 2. The molecule has 0 bridgehead atoms. The summed E-state index contributed by atoms with van der Waals surface area (Å²) >= 11 is 0.979. The number of likely N-dealkylation sites (tertiary alicyclic amines) is 1. The van der Waals surface area contributed by atoms with Crippen LogP contribution in [0.5, 0.6) is 5.75 Å². The molecule has 1 aliphatic heterocycles. The number of anilines is 1. The molecule has 0 unspecified atom stereocenters. The molecule has 3 aromatic rings.